The average Bonchev–Trinajstić information content (AvgIpc) is 3.27. The lowest BCUT2D eigenvalue weighted by Crippen LogP contribution is -2.36. The van der Waals surface area contributed by atoms with Crippen LogP contribution in [0.3, 0.4) is 0 Å². The van der Waals surface area contributed by atoms with Gasteiger partial charge in [-0.05, 0) is 55.7 Å². The molecule has 1 saturated heterocycles. The molecule has 4 aromatic heterocycles. The molecule has 2 atom stereocenters. The first-order valence-electron chi connectivity index (χ1n) is 13.4. The standard InChI is InChI=1S/C28H26ClF3N6O4/c1-15-24-16(10-20(28(30,31)32)26(36-24)42-14-18-3-2-17(29)11-33-18)6-8-37(15)13-23-34-21-4-5-22(27(39)40)35-25(21)38(23)12-19-7-9-41-19/h2-5,10-11,15,19H,6-9,12-14H2,1H3,(H,39,40)/t15-,19-/m0/s1. The molecule has 10 nitrogen and oxygen atoms in total. The first-order chi connectivity index (χ1) is 20.1. The number of carbonyl (C=O) groups is 1. The van der Waals surface area contributed by atoms with Gasteiger partial charge in [0.15, 0.2) is 11.3 Å². The molecule has 0 spiro atoms. The first kappa shape index (κ1) is 28.3. The minimum atomic E-state index is -4.65. The quantitative estimate of drug-likeness (QED) is 0.295. The highest BCUT2D eigenvalue weighted by molar-refractivity contribution is 6.30. The predicted molar refractivity (Wildman–Crippen MR) is 144 cm³/mol. The lowest BCUT2D eigenvalue weighted by atomic mass is 9.97. The Morgan fingerprint density at radius 3 is 2.69 bits per heavy atom. The van der Waals surface area contributed by atoms with Crippen molar-refractivity contribution in [2.24, 2.45) is 0 Å². The summed E-state index contributed by atoms with van der Waals surface area (Å²) in [6.07, 6.45) is -2.07. The number of alkyl halides is 3. The number of rotatable bonds is 8. The van der Waals surface area contributed by atoms with Gasteiger partial charge >= 0.3 is 12.1 Å². The Hall–Kier alpha value is -3.81. The van der Waals surface area contributed by atoms with Crippen LogP contribution >= 0.6 is 11.6 Å². The van der Waals surface area contributed by atoms with Crippen molar-refractivity contribution in [3.63, 3.8) is 0 Å². The molecule has 42 heavy (non-hydrogen) atoms. The minimum absolute atomic E-state index is 0.0340. The zero-order chi connectivity index (χ0) is 29.6. The van der Waals surface area contributed by atoms with E-state index < -0.39 is 23.6 Å². The summed E-state index contributed by atoms with van der Waals surface area (Å²) in [5.74, 6) is -0.990. The molecule has 1 fully saturated rings. The first-order valence-corrected chi connectivity index (χ1v) is 13.7. The summed E-state index contributed by atoms with van der Waals surface area (Å²) >= 11 is 5.86. The summed E-state index contributed by atoms with van der Waals surface area (Å²) in [5, 5.41) is 9.86. The lowest BCUT2D eigenvalue weighted by molar-refractivity contribution is -0.139. The fourth-order valence-corrected chi connectivity index (χ4v) is 5.31. The maximum absolute atomic E-state index is 14.0. The van der Waals surface area contributed by atoms with Crippen molar-refractivity contribution in [2.45, 2.75) is 57.8 Å². The third-order valence-electron chi connectivity index (χ3n) is 7.58. The van der Waals surface area contributed by atoms with E-state index in [1.54, 1.807) is 18.2 Å². The topological polar surface area (TPSA) is 115 Å². The molecule has 6 heterocycles. The number of ether oxygens (including phenoxy) is 2. The molecule has 220 valence electrons. The van der Waals surface area contributed by atoms with Gasteiger partial charge in [0, 0.05) is 19.3 Å². The fraction of sp³-hybridized carbons (Fsp3) is 0.393. The van der Waals surface area contributed by atoms with Crippen molar-refractivity contribution in [3.05, 3.63) is 75.6 Å². The lowest BCUT2D eigenvalue weighted by Gasteiger charge is -2.35. The van der Waals surface area contributed by atoms with Gasteiger partial charge in [0.05, 0.1) is 41.6 Å². The van der Waals surface area contributed by atoms with E-state index in [0.29, 0.717) is 71.6 Å². The van der Waals surface area contributed by atoms with Crippen LogP contribution in [-0.4, -0.2) is 59.7 Å². The van der Waals surface area contributed by atoms with Crippen molar-refractivity contribution in [1.82, 2.24) is 29.4 Å². The largest absolute Gasteiger partial charge is 0.477 e. The highest BCUT2D eigenvalue weighted by atomic mass is 35.5. The van der Waals surface area contributed by atoms with Crippen LogP contribution in [0.1, 0.15) is 58.2 Å². The molecule has 0 aromatic carbocycles. The van der Waals surface area contributed by atoms with E-state index in [4.69, 9.17) is 26.1 Å². The van der Waals surface area contributed by atoms with Crippen molar-refractivity contribution in [2.75, 3.05) is 13.2 Å². The third kappa shape index (κ3) is 5.63. The van der Waals surface area contributed by atoms with Gasteiger partial charge in [0.25, 0.3) is 0 Å². The average molecular weight is 603 g/mol. The maximum Gasteiger partial charge on any atom is 0.421 e. The Morgan fingerprint density at radius 1 is 1.21 bits per heavy atom. The smallest absolute Gasteiger partial charge is 0.421 e. The van der Waals surface area contributed by atoms with Gasteiger partial charge < -0.3 is 19.1 Å². The van der Waals surface area contributed by atoms with E-state index >= 15 is 0 Å². The number of fused-ring (bicyclic) bond motifs is 2. The fourth-order valence-electron chi connectivity index (χ4n) is 5.20. The number of halogens is 4. The molecule has 2 aliphatic heterocycles. The van der Waals surface area contributed by atoms with Crippen LogP contribution in [0.25, 0.3) is 11.2 Å². The maximum atomic E-state index is 14.0. The number of hydrogen-bond acceptors (Lipinski definition) is 8. The second kappa shape index (κ2) is 11.1. The van der Waals surface area contributed by atoms with Gasteiger partial charge in [-0.25, -0.2) is 19.7 Å². The summed E-state index contributed by atoms with van der Waals surface area (Å²) in [6.45, 7) is 3.61. The van der Waals surface area contributed by atoms with E-state index in [2.05, 4.69) is 19.9 Å². The summed E-state index contributed by atoms with van der Waals surface area (Å²) in [4.78, 5) is 31.2. The Morgan fingerprint density at radius 2 is 2.02 bits per heavy atom. The predicted octanol–water partition coefficient (Wildman–Crippen LogP) is 5.08. The molecule has 6 rings (SSSR count). The number of nitrogens with zero attached hydrogens (tertiary/aromatic N) is 6. The van der Waals surface area contributed by atoms with E-state index in [0.717, 1.165) is 12.5 Å². The Kier molecular flexibility index (Phi) is 7.50. The van der Waals surface area contributed by atoms with Crippen molar-refractivity contribution in [1.29, 1.82) is 0 Å². The van der Waals surface area contributed by atoms with Gasteiger partial charge in [0.1, 0.15) is 23.5 Å². The normalized spacial score (nSPS) is 19.0. The second-order valence-corrected chi connectivity index (χ2v) is 10.7. The van der Waals surface area contributed by atoms with Crippen LogP contribution in [0, 0.1) is 0 Å². The van der Waals surface area contributed by atoms with Crippen LogP contribution in [0.15, 0.2) is 36.5 Å². The summed E-state index contributed by atoms with van der Waals surface area (Å²) in [7, 11) is 0. The molecule has 4 aromatic rings. The SMILES string of the molecule is C[C@H]1c2nc(OCc3ccc(Cl)cn3)c(C(F)(F)F)cc2CCN1Cc1nc2ccc(C(=O)O)nc2n1C[C@@H]1CCO1. The van der Waals surface area contributed by atoms with Gasteiger partial charge in [-0.2, -0.15) is 13.2 Å². The van der Waals surface area contributed by atoms with Crippen LogP contribution in [-0.2, 0) is 37.0 Å². The molecule has 0 unspecified atom stereocenters. The van der Waals surface area contributed by atoms with Crippen molar-refractivity contribution in [3.8, 4) is 5.88 Å². The minimum Gasteiger partial charge on any atom is -0.477 e. The number of carboxylic acids is 1. The third-order valence-corrected chi connectivity index (χ3v) is 7.80. The van der Waals surface area contributed by atoms with Crippen molar-refractivity contribution >= 4 is 28.7 Å². The molecule has 0 amide bonds. The highest BCUT2D eigenvalue weighted by Crippen LogP contribution is 2.40. The molecule has 0 bridgehead atoms. The zero-order valence-electron chi connectivity index (χ0n) is 22.4. The van der Waals surface area contributed by atoms with Gasteiger partial charge in [-0.15, -0.1) is 0 Å². The van der Waals surface area contributed by atoms with E-state index in [1.807, 2.05) is 11.5 Å². The molecule has 14 heteroatoms. The van der Waals surface area contributed by atoms with Crippen molar-refractivity contribution < 1.29 is 32.5 Å². The second-order valence-electron chi connectivity index (χ2n) is 10.3. The molecule has 0 aliphatic carbocycles. The monoisotopic (exact) mass is 602 g/mol. The number of aromatic nitrogens is 5. The Labute approximate surface area is 243 Å². The number of aromatic carboxylic acids is 1. The molecular weight excluding hydrogens is 577 g/mol. The Bertz CT molecular complexity index is 1640. The van der Waals surface area contributed by atoms with Crippen LogP contribution in [0.2, 0.25) is 5.02 Å². The summed E-state index contributed by atoms with van der Waals surface area (Å²) < 4.78 is 55.0. The van der Waals surface area contributed by atoms with E-state index in [1.165, 1.54) is 12.3 Å². The highest BCUT2D eigenvalue weighted by Gasteiger charge is 2.38. The Balaban J connectivity index is 1.30. The van der Waals surface area contributed by atoms with E-state index in [-0.39, 0.29) is 24.4 Å². The summed E-state index contributed by atoms with van der Waals surface area (Å²) in [5.41, 5.74) is 1.39. The zero-order valence-corrected chi connectivity index (χ0v) is 23.2. The number of hydrogen-bond donors (Lipinski definition) is 1. The number of imidazole rings is 1. The van der Waals surface area contributed by atoms with Crippen LogP contribution < -0.4 is 4.74 Å². The van der Waals surface area contributed by atoms with Crippen LogP contribution in [0.4, 0.5) is 13.2 Å². The number of pyridine rings is 3. The van der Waals surface area contributed by atoms with E-state index in [9.17, 15) is 23.1 Å². The van der Waals surface area contributed by atoms with Gasteiger partial charge in [0.2, 0.25) is 5.88 Å². The van der Waals surface area contributed by atoms with Gasteiger partial charge in [-0.1, -0.05) is 11.6 Å². The number of carboxylic acid groups (broad SMARTS) is 1. The summed E-state index contributed by atoms with van der Waals surface area (Å²) in [6, 6.07) is 6.97. The molecule has 1 N–H and O–H groups in total. The molecule has 0 radical (unpaired) electrons. The molecule has 0 saturated carbocycles. The van der Waals surface area contributed by atoms with Crippen LogP contribution in [0.5, 0.6) is 5.88 Å². The molecular formula is C28H26ClF3N6O4. The van der Waals surface area contributed by atoms with Gasteiger partial charge in [-0.3, -0.25) is 9.88 Å². The molecule has 2 aliphatic rings.